The van der Waals surface area contributed by atoms with E-state index >= 15 is 0 Å². The molecule has 0 bridgehead atoms. The summed E-state index contributed by atoms with van der Waals surface area (Å²) in [4.78, 5) is 8.95. The Bertz CT molecular complexity index is 1420. The number of hydrogen-bond acceptors (Lipinski definition) is 6. The molecule has 1 atom stereocenters. The Morgan fingerprint density at radius 3 is 2.84 bits per heavy atom. The highest BCUT2D eigenvalue weighted by atomic mass is 19.4. The minimum atomic E-state index is -4.76. The van der Waals surface area contributed by atoms with E-state index in [9.17, 15) is 13.2 Å². The lowest BCUT2D eigenvalue weighted by molar-refractivity contribution is -0.303. The highest BCUT2D eigenvalue weighted by Crippen LogP contribution is 2.35. The van der Waals surface area contributed by atoms with Gasteiger partial charge in [-0.15, -0.1) is 13.2 Å². The minimum absolute atomic E-state index is 0.274. The first kappa shape index (κ1) is 24.6. The molecular formula is C26H24F3N5O3. The molecule has 2 aromatic heterocycles. The van der Waals surface area contributed by atoms with Gasteiger partial charge in [-0.2, -0.15) is 5.10 Å². The van der Waals surface area contributed by atoms with Gasteiger partial charge < -0.3 is 18.8 Å². The summed E-state index contributed by atoms with van der Waals surface area (Å²) in [5, 5.41) is 4.59. The predicted octanol–water partition coefficient (Wildman–Crippen LogP) is 5.11. The molecule has 0 fully saturated rings. The largest absolute Gasteiger partial charge is 0.573 e. The van der Waals surface area contributed by atoms with Crippen molar-refractivity contribution in [3.05, 3.63) is 89.8 Å². The van der Waals surface area contributed by atoms with E-state index in [1.54, 1.807) is 36.3 Å². The van der Waals surface area contributed by atoms with Crippen molar-refractivity contribution in [3.8, 4) is 11.4 Å². The molecule has 0 N–H and O–H groups in total. The van der Waals surface area contributed by atoms with Crippen LogP contribution < -0.4 is 4.74 Å². The smallest absolute Gasteiger partial charge is 0.495 e. The zero-order chi connectivity index (χ0) is 26.0. The van der Waals surface area contributed by atoms with Crippen LogP contribution in [0, 0.1) is 6.92 Å². The molecule has 0 saturated carbocycles. The van der Waals surface area contributed by atoms with Gasteiger partial charge in [-0.1, -0.05) is 24.3 Å². The normalized spacial score (nSPS) is 22.7. The van der Waals surface area contributed by atoms with Gasteiger partial charge in [0.15, 0.2) is 11.6 Å². The van der Waals surface area contributed by atoms with Gasteiger partial charge in [0.25, 0.3) is 0 Å². The van der Waals surface area contributed by atoms with Gasteiger partial charge in [0.1, 0.15) is 17.1 Å². The number of hydrogen-bond donors (Lipinski definition) is 0. The molecule has 1 aliphatic carbocycles. The molecule has 0 amide bonds. The summed E-state index contributed by atoms with van der Waals surface area (Å²) in [5.74, 6) is 1.46. The van der Waals surface area contributed by atoms with E-state index in [1.807, 2.05) is 42.0 Å². The third-order valence-corrected chi connectivity index (χ3v) is 5.91. The highest BCUT2D eigenvalue weighted by Gasteiger charge is 2.39. The van der Waals surface area contributed by atoms with Crippen LogP contribution in [-0.4, -0.2) is 44.4 Å². The van der Waals surface area contributed by atoms with Gasteiger partial charge in [-0.25, -0.2) is 14.6 Å². The van der Waals surface area contributed by atoms with Crippen LogP contribution in [0.2, 0.25) is 0 Å². The Labute approximate surface area is 211 Å². The number of allylic oxidation sites excluding steroid dienone is 3. The third-order valence-electron chi connectivity index (χ3n) is 5.91. The Hall–Kier alpha value is -4.12. The average molecular weight is 512 g/mol. The molecule has 0 radical (unpaired) electrons. The monoisotopic (exact) mass is 511 g/mol. The molecule has 1 aliphatic heterocycles. The lowest BCUT2D eigenvalue weighted by Crippen LogP contribution is -2.37. The van der Waals surface area contributed by atoms with Crippen LogP contribution in [0.5, 0.6) is 5.75 Å². The number of imidazole rings is 1. The van der Waals surface area contributed by atoms with E-state index in [-0.39, 0.29) is 12.2 Å². The SMILES string of the molecule is COc1cc(/C=C/c2nc3n(n2)CCOC32/C=C/C=C(OC(F)(F)F)\C=C/C2)ccc1-n1cnc(C)c1. The molecule has 2 aliphatic rings. The Balaban J connectivity index is 1.39. The molecule has 3 aromatic rings. The molecular weight excluding hydrogens is 487 g/mol. The van der Waals surface area contributed by atoms with Crippen molar-refractivity contribution in [2.24, 2.45) is 0 Å². The lowest BCUT2D eigenvalue weighted by atomic mass is 9.94. The zero-order valence-electron chi connectivity index (χ0n) is 20.1. The van der Waals surface area contributed by atoms with E-state index in [1.165, 1.54) is 18.2 Å². The van der Waals surface area contributed by atoms with Crippen LogP contribution in [0.4, 0.5) is 13.2 Å². The number of benzene rings is 1. The molecule has 37 heavy (non-hydrogen) atoms. The number of rotatable bonds is 5. The quantitative estimate of drug-likeness (QED) is 0.474. The highest BCUT2D eigenvalue weighted by molar-refractivity contribution is 5.69. The van der Waals surface area contributed by atoms with Crippen molar-refractivity contribution in [1.82, 2.24) is 24.3 Å². The number of alkyl halides is 3. The standard InChI is InChI=1S/C26H24F3N5O3/c1-18-16-33(17-30-18)21-9-7-19(15-22(21)35-2)8-10-23-31-24-25(36-14-13-34(24)32-23)11-3-5-20(6-4-12-25)37-26(27,28)29/h3-11,15-17H,12-14H2,1-2H3/b6-4-,10-8+,11-3+,20-5+. The van der Waals surface area contributed by atoms with Crippen LogP contribution in [0.3, 0.4) is 0 Å². The number of fused-ring (bicyclic) bond motifs is 2. The van der Waals surface area contributed by atoms with Gasteiger partial charge in [0.05, 0.1) is 38.0 Å². The van der Waals surface area contributed by atoms with E-state index in [2.05, 4.69) is 19.8 Å². The second-order valence-corrected chi connectivity index (χ2v) is 8.52. The van der Waals surface area contributed by atoms with Crippen LogP contribution in [-0.2, 0) is 21.6 Å². The van der Waals surface area contributed by atoms with E-state index < -0.39 is 12.0 Å². The summed E-state index contributed by atoms with van der Waals surface area (Å²) >= 11 is 0. The minimum Gasteiger partial charge on any atom is -0.495 e. The second-order valence-electron chi connectivity index (χ2n) is 8.52. The molecule has 11 heteroatoms. The van der Waals surface area contributed by atoms with Gasteiger partial charge in [0.2, 0.25) is 0 Å². The summed E-state index contributed by atoms with van der Waals surface area (Å²) in [7, 11) is 1.62. The first-order valence-electron chi connectivity index (χ1n) is 11.5. The van der Waals surface area contributed by atoms with Crippen LogP contribution in [0.15, 0.2) is 66.9 Å². The van der Waals surface area contributed by atoms with Gasteiger partial charge >= 0.3 is 6.36 Å². The Morgan fingerprint density at radius 2 is 2.08 bits per heavy atom. The fourth-order valence-electron chi connectivity index (χ4n) is 4.26. The molecule has 5 rings (SSSR count). The molecule has 3 heterocycles. The third kappa shape index (κ3) is 5.36. The van der Waals surface area contributed by atoms with Crippen molar-refractivity contribution in [3.63, 3.8) is 0 Å². The van der Waals surface area contributed by atoms with Crippen molar-refractivity contribution < 1.29 is 27.4 Å². The van der Waals surface area contributed by atoms with Crippen molar-refractivity contribution >= 4 is 12.2 Å². The maximum atomic E-state index is 12.6. The lowest BCUT2D eigenvalue weighted by Gasteiger charge is -2.33. The summed E-state index contributed by atoms with van der Waals surface area (Å²) < 4.78 is 57.0. The first-order valence-corrected chi connectivity index (χ1v) is 11.5. The van der Waals surface area contributed by atoms with E-state index in [4.69, 9.17) is 9.47 Å². The molecule has 8 nitrogen and oxygen atoms in total. The predicted molar refractivity (Wildman–Crippen MR) is 130 cm³/mol. The van der Waals surface area contributed by atoms with Crippen molar-refractivity contribution in [1.29, 1.82) is 0 Å². The maximum absolute atomic E-state index is 12.6. The first-order chi connectivity index (χ1) is 17.7. The van der Waals surface area contributed by atoms with Crippen LogP contribution in [0.25, 0.3) is 17.8 Å². The van der Waals surface area contributed by atoms with Gasteiger partial charge in [-0.3, -0.25) is 0 Å². The molecule has 192 valence electrons. The molecule has 0 saturated heterocycles. The number of aryl methyl sites for hydroxylation is 1. The Kier molecular flexibility index (Phi) is 6.46. The van der Waals surface area contributed by atoms with Crippen LogP contribution in [0.1, 0.15) is 29.3 Å². The molecule has 1 spiro atoms. The topological polar surface area (TPSA) is 76.2 Å². The van der Waals surface area contributed by atoms with Gasteiger partial charge in [-0.05, 0) is 48.9 Å². The summed E-state index contributed by atoms with van der Waals surface area (Å²) in [6.45, 7) is 2.83. The zero-order valence-corrected chi connectivity index (χ0v) is 20.1. The summed E-state index contributed by atoms with van der Waals surface area (Å²) in [6, 6.07) is 5.82. The van der Waals surface area contributed by atoms with Crippen molar-refractivity contribution in [2.45, 2.75) is 31.9 Å². The number of halogens is 3. The summed E-state index contributed by atoms with van der Waals surface area (Å²) in [5.41, 5.74) is 1.73. The van der Waals surface area contributed by atoms with Crippen molar-refractivity contribution in [2.75, 3.05) is 13.7 Å². The molecule has 1 unspecified atom stereocenters. The second kappa shape index (κ2) is 9.74. The number of nitrogens with zero attached hydrogens (tertiary/aromatic N) is 5. The van der Waals surface area contributed by atoms with E-state index in [0.717, 1.165) is 16.9 Å². The van der Waals surface area contributed by atoms with Gasteiger partial charge in [0, 0.05) is 12.6 Å². The summed E-state index contributed by atoms with van der Waals surface area (Å²) in [6.07, 6.45) is 10.1. The maximum Gasteiger partial charge on any atom is 0.573 e. The average Bonchev–Trinajstić information content (AvgIpc) is 3.47. The molecule has 1 aromatic carbocycles. The van der Waals surface area contributed by atoms with E-state index in [0.29, 0.717) is 30.5 Å². The fraction of sp³-hybridized carbons (Fsp3) is 0.269. The Morgan fingerprint density at radius 1 is 1.22 bits per heavy atom. The number of aromatic nitrogens is 5. The van der Waals surface area contributed by atoms with Crippen LogP contribution >= 0.6 is 0 Å². The fourth-order valence-corrected chi connectivity index (χ4v) is 4.26. The number of ether oxygens (including phenoxy) is 3. The number of methoxy groups -OCH3 is 1.